The number of pyridine rings is 1. The average Bonchev–Trinajstić information content (AvgIpc) is 3.30. The van der Waals surface area contributed by atoms with E-state index in [1.54, 1.807) is 19.1 Å². The molecule has 0 spiro atoms. The van der Waals surface area contributed by atoms with Crippen molar-refractivity contribution in [2.45, 2.75) is 27.3 Å². The van der Waals surface area contributed by atoms with Gasteiger partial charge in [-0.25, -0.2) is 4.98 Å². The maximum Gasteiger partial charge on any atom is 0.269 e. The number of nitro groups is 1. The van der Waals surface area contributed by atoms with Gasteiger partial charge in [-0.3, -0.25) is 24.6 Å². The summed E-state index contributed by atoms with van der Waals surface area (Å²) in [6.45, 7) is 8.86. The van der Waals surface area contributed by atoms with Crippen molar-refractivity contribution in [2.75, 3.05) is 26.2 Å². The van der Waals surface area contributed by atoms with Crippen molar-refractivity contribution < 1.29 is 14.5 Å². The van der Waals surface area contributed by atoms with Gasteiger partial charge in [0.15, 0.2) is 5.78 Å². The number of benzene rings is 2. The number of ketones is 1. The van der Waals surface area contributed by atoms with Crippen LogP contribution < -0.4 is 0 Å². The first-order valence-electron chi connectivity index (χ1n) is 13.1. The molecule has 9 nitrogen and oxygen atoms in total. The number of rotatable bonds is 7. The Morgan fingerprint density at radius 1 is 0.897 bits per heavy atom. The lowest BCUT2D eigenvalue weighted by atomic mass is 10.0. The molecule has 200 valence electrons. The van der Waals surface area contributed by atoms with Crippen LogP contribution in [0.25, 0.3) is 28.0 Å². The summed E-state index contributed by atoms with van der Waals surface area (Å²) in [5.74, 6) is 0.181. The van der Waals surface area contributed by atoms with E-state index in [1.165, 1.54) is 12.1 Å². The fourth-order valence-corrected chi connectivity index (χ4v) is 4.99. The third-order valence-corrected chi connectivity index (χ3v) is 7.25. The molecule has 0 saturated carbocycles. The summed E-state index contributed by atoms with van der Waals surface area (Å²) in [7, 11) is 0. The van der Waals surface area contributed by atoms with Crippen LogP contribution in [0.3, 0.4) is 0 Å². The Hall–Kier alpha value is -4.37. The second kappa shape index (κ2) is 10.8. The van der Waals surface area contributed by atoms with Gasteiger partial charge in [0.2, 0.25) is 5.91 Å². The maximum atomic E-state index is 12.5. The van der Waals surface area contributed by atoms with Gasteiger partial charge in [0.1, 0.15) is 5.65 Å². The summed E-state index contributed by atoms with van der Waals surface area (Å²) in [6, 6.07) is 18.0. The summed E-state index contributed by atoms with van der Waals surface area (Å²) in [4.78, 5) is 44.1. The van der Waals surface area contributed by atoms with E-state index < -0.39 is 4.92 Å². The smallest absolute Gasteiger partial charge is 0.269 e. The van der Waals surface area contributed by atoms with Crippen molar-refractivity contribution in [3.05, 3.63) is 88.2 Å². The molecule has 0 N–H and O–H groups in total. The lowest BCUT2D eigenvalue weighted by Gasteiger charge is -2.35. The molecule has 1 aliphatic heterocycles. The summed E-state index contributed by atoms with van der Waals surface area (Å²) in [5.41, 5.74) is 6.00. The van der Waals surface area contributed by atoms with E-state index in [0.29, 0.717) is 25.2 Å². The molecule has 1 saturated heterocycles. The Morgan fingerprint density at radius 2 is 1.51 bits per heavy atom. The van der Waals surface area contributed by atoms with Crippen molar-refractivity contribution >= 4 is 23.0 Å². The molecule has 0 unspecified atom stereocenters. The van der Waals surface area contributed by atoms with Crippen molar-refractivity contribution in [3.63, 3.8) is 0 Å². The number of Topliss-reactive ketones (excluding diaryl/α,β-unsaturated/α-hetero) is 1. The largest absolute Gasteiger partial charge is 0.340 e. The van der Waals surface area contributed by atoms with E-state index in [2.05, 4.69) is 9.30 Å². The highest BCUT2D eigenvalue weighted by Gasteiger charge is 2.25. The Bertz CT molecular complexity index is 1530. The zero-order valence-corrected chi connectivity index (χ0v) is 22.3. The van der Waals surface area contributed by atoms with E-state index in [1.807, 2.05) is 61.3 Å². The fraction of sp³-hybridized carbons (Fsp3) is 0.300. The lowest BCUT2D eigenvalue weighted by Crippen LogP contribution is -2.49. The molecule has 0 radical (unpaired) electrons. The number of carbonyl (C=O) groups is 2. The molecule has 2 aromatic carbocycles. The van der Waals surface area contributed by atoms with E-state index >= 15 is 0 Å². The van der Waals surface area contributed by atoms with E-state index in [4.69, 9.17) is 4.98 Å². The number of hydrogen-bond donors (Lipinski definition) is 0. The van der Waals surface area contributed by atoms with Crippen LogP contribution in [0.1, 0.15) is 36.8 Å². The summed E-state index contributed by atoms with van der Waals surface area (Å²) in [6.07, 6.45) is 2.05. The first-order valence-corrected chi connectivity index (χ1v) is 13.1. The van der Waals surface area contributed by atoms with Crippen molar-refractivity contribution in [1.29, 1.82) is 0 Å². The second-order valence-corrected chi connectivity index (χ2v) is 10.2. The molecule has 9 heteroatoms. The van der Waals surface area contributed by atoms with Gasteiger partial charge in [0.05, 0.1) is 16.3 Å². The van der Waals surface area contributed by atoms with Gasteiger partial charge in [0.25, 0.3) is 5.69 Å². The molecule has 2 aromatic heterocycles. The van der Waals surface area contributed by atoms with Crippen LogP contribution in [0, 0.1) is 16.0 Å². The highest BCUT2D eigenvalue weighted by Crippen LogP contribution is 2.30. The molecule has 0 atom stereocenters. The first-order chi connectivity index (χ1) is 18.7. The number of carbonyl (C=O) groups excluding carboxylic acids is 2. The molecule has 0 aliphatic carbocycles. The predicted octanol–water partition coefficient (Wildman–Crippen LogP) is 5.08. The van der Waals surface area contributed by atoms with Gasteiger partial charge in [-0.1, -0.05) is 38.1 Å². The van der Waals surface area contributed by atoms with E-state index in [-0.39, 0.29) is 23.3 Å². The number of hydrogen-bond acceptors (Lipinski definition) is 6. The standard InChI is InChI=1S/C30H31N5O4/c1-20(2)30(37)33-16-14-32(15-17-33)19-27-29(24-8-11-26(12-9-24)35(38)39)31-28-13-10-25(18-34(27)28)23-6-4-22(5-7-23)21(3)36/h4-13,18,20H,14-17,19H2,1-3H3. The fourth-order valence-electron chi connectivity index (χ4n) is 4.99. The van der Waals surface area contributed by atoms with Crippen LogP contribution in [0.4, 0.5) is 5.69 Å². The maximum absolute atomic E-state index is 12.5. The molecule has 1 fully saturated rings. The Morgan fingerprint density at radius 3 is 2.10 bits per heavy atom. The summed E-state index contributed by atoms with van der Waals surface area (Å²) < 4.78 is 2.08. The van der Waals surface area contributed by atoms with Gasteiger partial charge >= 0.3 is 0 Å². The van der Waals surface area contributed by atoms with Crippen LogP contribution in [0.15, 0.2) is 66.9 Å². The Balaban J connectivity index is 1.52. The lowest BCUT2D eigenvalue weighted by molar-refractivity contribution is -0.384. The monoisotopic (exact) mass is 525 g/mol. The van der Waals surface area contributed by atoms with Crippen molar-refractivity contribution in [1.82, 2.24) is 19.2 Å². The molecule has 39 heavy (non-hydrogen) atoms. The summed E-state index contributed by atoms with van der Waals surface area (Å²) >= 11 is 0. The third kappa shape index (κ3) is 5.44. The predicted molar refractivity (Wildman–Crippen MR) is 149 cm³/mol. The molecular formula is C30H31N5O4. The number of amides is 1. The Labute approximate surface area is 226 Å². The van der Waals surface area contributed by atoms with Gasteiger partial charge in [-0.05, 0) is 42.3 Å². The van der Waals surface area contributed by atoms with Crippen molar-refractivity contribution in [3.8, 4) is 22.4 Å². The minimum Gasteiger partial charge on any atom is -0.340 e. The highest BCUT2D eigenvalue weighted by molar-refractivity contribution is 5.94. The second-order valence-electron chi connectivity index (χ2n) is 10.2. The molecule has 3 heterocycles. The summed E-state index contributed by atoms with van der Waals surface area (Å²) in [5, 5.41) is 11.2. The SMILES string of the molecule is CC(=O)c1ccc(-c2ccc3nc(-c4ccc([N+](=O)[O-])cc4)c(CN4CCN(C(=O)C(C)C)CC4)n3c2)cc1. The molecule has 1 aliphatic rings. The zero-order valence-electron chi connectivity index (χ0n) is 22.3. The highest BCUT2D eigenvalue weighted by atomic mass is 16.6. The molecule has 0 bridgehead atoms. The number of nitrogens with zero attached hydrogens (tertiary/aromatic N) is 5. The topological polar surface area (TPSA) is 101 Å². The van der Waals surface area contributed by atoms with Crippen molar-refractivity contribution in [2.24, 2.45) is 5.92 Å². The molecule has 1 amide bonds. The van der Waals surface area contributed by atoms with E-state index in [9.17, 15) is 19.7 Å². The van der Waals surface area contributed by atoms with Gasteiger partial charge < -0.3 is 9.30 Å². The number of nitro benzene ring substituents is 1. The minimum atomic E-state index is -0.407. The number of piperazine rings is 1. The molecular weight excluding hydrogens is 494 g/mol. The molecule has 4 aromatic rings. The van der Waals surface area contributed by atoms with Gasteiger partial charge in [-0.15, -0.1) is 0 Å². The van der Waals surface area contributed by atoms with Gasteiger partial charge in [-0.2, -0.15) is 0 Å². The van der Waals surface area contributed by atoms with Crippen LogP contribution >= 0.6 is 0 Å². The third-order valence-electron chi connectivity index (χ3n) is 7.25. The molecule has 5 rings (SSSR count). The van der Waals surface area contributed by atoms with Crippen LogP contribution in [0.2, 0.25) is 0 Å². The number of imidazole rings is 1. The Kier molecular flexibility index (Phi) is 7.26. The quantitative estimate of drug-likeness (QED) is 0.190. The number of aromatic nitrogens is 2. The average molecular weight is 526 g/mol. The van der Waals surface area contributed by atoms with E-state index in [0.717, 1.165) is 46.8 Å². The normalized spacial score (nSPS) is 14.2. The van der Waals surface area contributed by atoms with Gasteiger partial charge in [0, 0.05) is 68.1 Å². The van der Waals surface area contributed by atoms with Crippen LogP contribution in [-0.2, 0) is 11.3 Å². The minimum absolute atomic E-state index is 0.0213. The first kappa shape index (κ1) is 26.2. The van der Waals surface area contributed by atoms with Crippen LogP contribution in [-0.4, -0.2) is 62.0 Å². The van der Waals surface area contributed by atoms with Crippen LogP contribution in [0.5, 0.6) is 0 Å². The number of fused-ring (bicyclic) bond motifs is 1. The number of non-ortho nitro benzene ring substituents is 1. The zero-order chi connectivity index (χ0) is 27.7.